The van der Waals surface area contributed by atoms with Crippen LogP contribution in [0.4, 0.5) is 0 Å². The largest absolute Gasteiger partial charge is 0.492 e. The molecule has 0 atom stereocenters. The summed E-state index contributed by atoms with van der Waals surface area (Å²) in [6.45, 7) is 5.63. The quantitative estimate of drug-likeness (QED) is 0.186. The first-order valence-electron chi connectivity index (χ1n) is 10.1. The highest BCUT2D eigenvalue weighted by Gasteiger charge is 2.04. The van der Waals surface area contributed by atoms with E-state index in [1.54, 1.807) is 0 Å². The van der Waals surface area contributed by atoms with Gasteiger partial charge >= 0.3 is 0 Å². The summed E-state index contributed by atoms with van der Waals surface area (Å²) in [5.74, 6) is 2.72. The van der Waals surface area contributed by atoms with Crippen LogP contribution in [0.3, 0.4) is 0 Å². The van der Waals surface area contributed by atoms with Crippen LogP contribution in [-0.2, 0) is 13.0 Å². The van der Waals surface area contributed by atoms with Gasteiger partial charge in [0, 0.05) is 38.4 Å². The van der Waals surface area contributed by atoms with E-state index in [9.17, 15) is 0 Å². The van der Waals surface area contributed by atoms with E-state index < -0.39 is 0 Å². The van der Waals surface area contributed by atoms with E-state index in [0.717, 1.165) is 37.0 Å². The first kappa shape index (κ1) is 23.7. The topological polar surface area (TPSA) is 63.5 Å². The summed E-state index contributed by atoms with van der Waals surface area (Å²) in [5.41, 5.74) is 1.27. The third-order valence-corrected chi connectivity index (χ3v) is 4.35. The molecule has 3 aromatic rings. The third kappa shape index (κ3) is 8.06. The molecule has 2 N–H and O–H groups in total. The maximum absolute atomic E-state index is 5.71. The molecule has 160 valence electrons. The normalized spacial score (nSPS) is 10.9. The second kappa shape index (κ2) is 13.6. The Morgan fingerprint density at radius 3 is 2.50 bits per heavy atom. The molecule has 1 aromatic heterocycles. The second-order valence-corrected chi connectivity index (χ2v) is 6.56. The predicted molar refractivity (Wildman–Crippen MR) is 133 cm³/mol. The van der Waals surface area contributed by atoms with Crippen LogP contribution in [0.15, 0.2) is 78.0 Å². The lowest BCUT2D eigenvalue weighted by atomic mass is 10.2. The van der Waals surface area contributed by atoms with Gasteiger partial charge in [0.2, 0.25) is 0 Å². The second-order valence-electron chi connectivity index (χ2n) is 6.56. The van der Waals surface area contributed by atoms with Crippen molar-refractivity contribution in [2.45, 2.75) is 19.9 Å². The fraction of sp³-hybridized carbons (Fsp3) is 0.304. The van der Waals surface area contributed by atoms with Gasteiger partial charge in [0.05, 0.1) is 6.54 Å². The Hall–Kier alpha value is -2.55. The van der Waals surface area contributed by atoms with Crippen molar-refractivity contribution in [1.29, 1.82) is 0 Å². The van der Waals surface area contributed by atoms with Gasteiger partial charge < -0.3 is 19.9 Å². The first-order chi connectivity index (χ1) is 14.3. The van der Waals surface area contributed by atoms with Crippen LogP contribution in [-0.4, -0.2) is 41.8 Å². The summed E-state index contributed by atoms with van der Waals surface area (Å²) in [6, 6.07) is 20.2. The Kier molecular flexibility index (Phi) is 10.8. The number of guanidine groups is 1. The summed E-state index contributed by atoms with van der Waals surface area (Å²) < 4.78 is 7.89. The molecule has 0 bridgehead atoms. The summed E-state index contributed by atoms with van der Waals surface area (Å²) in [6.07, 6.45) is 4.67. The Balaban J connectivity index is 0.00000320. The molecule has 6 nitrogen and oxygen atoms in total. The molecule has 7 heteroatoms. The maximum Gasteiger partial charge on any atom is 0.191 e. The minimum absolute atomic E-state index is 0. The lowest BCUT2D eigenvalue weighted by Crippen LogP contribution is -2.39. The fourth-order valence-electron chi connectivity index (χ4n) is 2.96. The highest BCUT2D eigenvalue weighted by Crippen LogP contribution is 2.07. The van der Waals surface area contributed by atoms with Crippen LogP contribution in [0.25, 0.3) is 0 Å². The van der Waals surface area contributed by atoms with Crippen molar-refractivity contribution in [2.75, 3.05) is 26.2 Å². The molecule has 0 saturated heterocycles. The minimum Gasteiger partial charge on any atom is -0.492 e. The van der Waals surface area contributed by atoms with Crippen LogP contribution in [0.2, 0.25) is 0 Å². The Morgan fingerprint density at radius 1 is 1.03 bits per heavy atom. The maximum atomic E-state index is 5.71. The number of ether oxygens (including phenoxy) is 1. The number of hydrogen-bond acceptors (Lipinski definition) is 3. The molecule has 0 aliphatic carbocycles. The molecule has 0 fully saturated rings. The monoisotopic (exact) mass is 519 g/mol. The summed E-state index contributed by atoms with van der Waals surface area (Å²) >= 11 is 0. The van der Waals surface area contributed by atoms with Gasteiger partial charge in [-0.25, -0.2) is 4.98 Å². The van der Waals surface area contributed by atoms with Gasteiger partial charge in [-0.05, 0) is 24.6 Å². The molecule has 0 unspecified atom stereocenters. The van der Waals surface area contributed by atoms with Crippen LogP contribution in [0.5, 0.6) is 5.75 Å². The molecular weight excluding hydrogens is 489 g/mol. The molecule has 2 aromatic carbocycles. The van der Waals surface area contributed by atoms with E-state index in [0.29, 0.717) is 19.7 Å². The van der Waals surface area contributed by atoms with Gasteiger partial charge in [0.15, 0.2) is 5.96 Å². The van der Waals surface area contributed by atoms with Gasteiger partial charge in [-0.15, -0.1) is 24.0 Å². The number of aromatic nitrogens is 2. The molecule has 0 aliphatic heterocycles. The highest BCUT2D eigenvalue weighted by molar-refractivity contribution is 14.0. The molecule has 30 heavy (non-hydrogen) atoms. The average Bonchev–Trinajstić information content (AvgIpc) is 3.19. The molecule has 0 saturated carbocycles. The zero-order chi connectivity index (χ0) is 20.2. The zero-order valence-corrected chi connectivity index (χ0v) is 19.7. The lowest BCUT2D eigenvalue weighted by molar-refractivity contribution is 0.322. The number of nitrogens with zero attached hydrogens (tertiary/aromatic N) is 3. The van der Waals surface area contributed by atoms with Crippen molar-refractivity contribution >= 4 is 29.9 Å². The van der Waals surface area contributed by atoms with Gasteiger partial charge in [0.25, 0.3) is 0 Å². The molecule has 3 rings (SSSR count). The van der Waals surface area contributed by atoms with Crippen LogP contribution in [0, 0.1) is 0 Å². The number of nitrogens with one attached hydrogen (secondary N) is 2. The van der Waals surface area contributed by atoms with Crippen molar-refractivity contribution in [3.63, 3.8) is 0 Å². The number of imidazole rings is 1. The van der Waals surface area contributed by atoms with E-state index in [1.807, 2.05) is 48.8 Å². The van der Waals surface area contributed by atoms with Crippen molar-refractivity contribution < 1.29 is 4.74 Å². The van der Waals surface area contributed by atoms with E-state index in [-0.39, 0.29) is 24.0 Å². The molecule has 1 heterocycles. The number of aliphatic imine (C=N–C) groups is 1. The number of halogens is 1. The van der Waals surface area contributed by atoms with Gasteiger partial charge in [-0.1, -0.05) is 48.5 Å². The Labute approximate surface area is 195 Å². The standard InChI is InChI=1S/C23H29N5O.HI/c1-2-24-23(27-16-18-29-21-11-7-4-8-12-21)26-14-13-22-25-15-17-28(22)19-20-9-5-3-6-10-20;/h3-12,15,17H,2,13-14,16,18-19H2,1H3,(H2,24,26,27);1H. The summed E-state index contributed by atoms with van der Waals surface area (Å²) in [5, 5.41) is 6.58. The van der Waals surface area contributed by atoms with Crippen molar-refractivity contribution in [3.8, 4) is 5.75 Å². The van der Waals surface area contributed by atoms with Gasteiger partial charge in [0.1, 0.15) is 18.2 Å². The third-order valence-electron chi connectivity index (χ3n) is 4.35. The molecule has 0 aliphatic rings. The van der Waals surface area contributed by atoms with Crippen molar-refractivity contribution in [3.05, 3.63) is 84.4 Å². The van der Waals surface area contributed by atoms with Crippen LogP contribution < -0.4 is 15.4 Å². The van der Waals surface area contributed by atoms with Crippen molar-refractivity contribution in [2.24, 2.45) is 4.99 Å². The SMILES string of the molecule is CCNC(=NCCc1nccn1Cc1ccccc1)NCCOc1ccccc1.I. The highest BCUT2D eigenvalue weighted by atomic mass is 127. The predicted octanol–water partition coefficient (Wildman–Crippen LogP) is 3.73. The summed E-state index contributed by atoms with van der Waals surface area (Å²) in [7, 11) is 0. The van der Waals surface area contributed by atoms with Gasteiger partial charge in [-0.3, -0.25) is 4.99 Å². The van der Waals surface area contributed by atoms with E-state index in [4.69, 9.17) is 4.74 Å². The zero-order valence-electron chi connectivity index (χ0n) is 17.3. The molecular formula is C23H30IN5O. The van der Waals surface area contributed by atoms with Crippen molar-refractivity contribution in [1.82, 2.24) is 20.2 Å². The Bertz CT molecular complexity index is 868. The number of para-hydroxylation sites is 1. The first-order valence-corrected chi connectivity index (χ1v) is 10.1. The molecule has 0 amide bonds. The van der Waals surface area contributed by atoms with Crippen LogP contribution in [0.1, 0.15) is 18.3 Å². The fourth-order valence-corrected chi connectivity index (χ4v) is 2.96. The summed E-state index contributed by atoms with van der Waals surface area (Å²) in [4.78, 5) is 9.16. The smallest absolute Gasteiger partial charge is 0.191 e. The Morgan fingerprint density at radius 2 is 1.77 bits per heavy atom. The van der Waals surface area contributed by atoms with E-state index >= 15 is 0 Å². The minimum atomic E-state index is 0. The van der Waals surface area contributed by atoms with E-state index in [1.165, 1.54) is 5.56 Å². The molecule has 0 spiro atoms. The number of benzene rings is 2. The number of hydrogen-bond donors (Lipinski definition) is 2. The van der Waals surface area contributed by atoms with Gasteiger partial charge in [-0.2, -0.15) is 0 Å². The lowest BCUT2D eigenvalue weighted by Gasteiger charge is -2.12. The number of rotatable bonds is 10. The molecule has 0 radical (unpaired) electrons. The average molecular weight is 519 g/mol. The van der Waals surface area contributed by atoms with E-state index in [2.05, 4.69) is 56.4 Å². The van der Waals surface area contributed by atoms with Crippen LogP contribution >= 0.6 is 24.0 Å².